The predicted octanol–water partition coefficient (Wildman–Crippen LogP) is 3.47. The molecule has 1 fully saturated rings. The van der Waals surface area contributed by atoms with Crippen LogP contribution in [0, 0.1) is 11.8 Å². The molecule has 3 nitrogen and oxygen atoms in total. The van der Waals surface area contributed by atoms with Gasteiger partial charge in [-0.05, 0) is 43.2 Å². The SMILES string of the molecule is CC1CC(C)CC(OCc2ccc(Cl)nn2)C1. The normalized spacial score (nSPS) is 29.2. The van der Waals surface area contributed by atoms with Gasteiger partial charge in [0.25, 0.3) is 0 Å². The number of aromatic nitrogens is 2. The van der Waals surface area contributed by atoms with Crippen LogP contribution in [0.4, 0.5) is 0 Å². The molecule has 1 aliphatic carbocycles. The largest absolute Gasteiger partial charge is 0.372 e. The summed E-state index contributed by atoms with van der Waals surface area (Å²) >= 11 is 5.68. The summed E-state index contributed by atoms with van der Waals surface area (Å²) in [4.78, 5) is 0. The fourth-order valence-corrected chi connectivity index (χ4v) is 2.73. The third-order valence-electron chi connectivity index (χ3n) is 3.29. The van der Waals surface area contributed by atoms with Gasteiger partial charge in [0.1, 0.15) is 0 Å². The van der Waals surface area contributed by atoms with Gasteiger partial charge in [0.05, 0.1) is 18.4 Å². The van der Waals surface area contributed by atoms with Crippen molar-refractivity contribution in [3.63, 3.8) is 0 Å². The minimum absolute atomic E-state index is 0.367. The van der Waals surface area contributed by atoms with E-state index in [4.69, 9.17) is 16.3 Å². The van der Waals surface area contributed by atoms with Gasteiger partial charge in [0.2, 0.25) is 0 Å². The maximum absolute atomic E-state index is 5.90. The average Bonchev–Trinajstić information content (AvgIpc) is 2.27. The Hall–Kier alpha value is -0.670. The number of rotatable bonds is 3. The van der Waals surface area contributed by atoms with Gasteiger partial charge in [-0.1, -0.05) is 25.4 Å². The Morgan fingerprint density at radius 3 is 2.47 bits per heavy atom. The first-order chi connectivity index (χ1) is 8.13. The molecule has 1 aromatic heterocycles. The van der Waals surface area contributed by atoms with E-state index in [2.05, 4.69) is 24.0 Å². The molecule has 0 aliphatic heterocycles. The van der Waals surface area contributed by atoms with Gasteiger partial charge in [-0.2, -0.15) is 5.10 Å². The molecular weight excluding hydrogens is 236 g/mol. The van der Waals surface area contributed by atoms with Crippen molar-refractivity contribution in [2.24, 2.45) is 11.8 Å². The fraction of sp³-hybridized carbons (Fsp3) is 0.692. The molecule has 0 N–H and O–H groups in total. The summed E-state index contributed by atoms with van der Waals surface area (Å²) in [6.07, 6.45) is 4.00. The van der Waals surface area contributed by atoms with Crippen molar-refractivity contribution in [2.75, 3.05) is 0 Å². The molecule has 2 rings (SSSR count). The summed E-state index contributed by atoms with van der Waals surface area (Å²) in [5.41, 5.74) is 0.847. The van der Waals surface area contributed by atoms with Crippen molar-refractivity contribution in [3.05, 3.63) is 23.0 Å². The van der Waals surface area contributed by atoms with E-state index in [9.17, 15) is 0 Å². The van der Waals surface area contributed by atoms with E-state index in [0.29, 0.717) is 17.9 Å². The molecule has 1 heterocycles. The molecule has 17 heavy (non-hydrogen) atoms. The lowest BCUT2D eigenvalue weighted by Gasteiger charge is -2.31. The highest BCUT2D eigenvalue weighted by Gasteiger charge is 2.24. The van der Waals surface area contributed by atoms with Gasteiger partial charge in [-0.25, -0.2) is 0 Å². The van der Waals surface area contributed by atoms with Crippen LogP contribution in [-0.4, -0.2) is 16.3 Å². The van der Waals surface area contributed by atoms with E-state index in [1.807, 2.05) is 6.07 Å². The summed E-state index contributed by atoms with van der Waals surface area (Å²) in [5.74, 6) is 1.53. The lowest BCUT2D eigenvalue weighted by atomic mass is 9.82. The van der Waals surface area contributed by atoms with Crippen LogP contribution in [0.2, 0.25) is 5.15 Å². The minimum Gasteiger partial charge on any atom is -0.372 e. The van der Waals surface area contributed by atoms with E-state index in [0.717, 1.165) is 30.4 Å². The zero-order valence-corrected chi connectivity index (χ0v) is 11.2. The quantitative estimate of drug-likeness (QED) is 0.829. The molecule has 0 amide bonds. The molecule has 1 aromatic rings. The highest BCUT2D eigenvalue weighted by Crippen LogP contribution is 2.30. The lowest BCUT2D eigenvalue weighted by molar-refractivity contribution is -0.0107. The van der Waals surface area contributed by atoms with Crippen LogP contribution in [0.3, 0.4) is 0 Å². The number of hydrogen-bond donors (Lipinski definition) is 0. The summed E-state index contributed by atoms with van der Waals surface area (Å²) in [6.45, 7) is 5.14. The monoisotopic (exact) mass is 254 g/mol. The second kappa shape index (κ2) is 5.78. The maximum atomic E-state index is 5.90. The van der Waals surface area contributed by atoms with E-state index in [1.54, 1.807) is 6.07 Å². The van der Waals surface area contributed by atoms with Crippen molar-refractivity contribution >= 4 is 11.6 Å². The maximum Gasteiger partial charge on any atom is 0.151 e. The third kappa shape index (κ3) is 3.93. The molecule has 0 saturated heterocycles. The van der Waals surface area contributed by atoms with Crippen LogP contribution in [-0.2, 0) is 11.3 Å². The molecule has 0 bridgehead atoms. The van der Waals surface area contributed by atoms with Crippen LogP contribution >= 0.6 is 11.6 Å². The van der Waals surface area contributed by atoms with Gasteiger partial charge in [0.15, 0.2) is 5.15 Å². The Labute approximate surface area is 108 Å². The van der Waals surface area contributed by atoms with E-state index >= 15 is 0 Å². The minimum atomic E-state index is 0.367. The Kier molecular flexibility index (Phi) is 4.35. The van der Waals surface area contributed by atoms with Gasteiger partial charge in [-0.3, -0.25) is 0 Å². The number of halogens is 1. The molecular formula is C13H19ClN2O. The molecule has 0 radical (unpaired) electrons. The van der Waals surface area contributed by atoms with Crippen molar-refractivity contribution in [1.29, 1.82) is 0 Å². The molecule has 2 atom stereocenters. The average molecular weight is 255 g/mol. The zero-order chi connectivity index (χ0) is 12.3. The Balaban J connectivity index is 1.83. The smallest absolute Gasteiger partial charge is 0.151 e. The van der Waals surface area contributed by atoms with Gasteiger partial charge < -0.3 is 4.74 Å². The molecule has 0 aromatic carbocycles. The second-order valence-corrected chi connectivity index (χ2v) is 5.59. The molecule has 0 spiro atoms. The molecule has 1 aliphatic rings. The first kappa shape index (κ1) is 12.8. The van der Waals surface area contributed by atoms with E-state index in [1.165, 1.54) is 6.42 Å². The standard InChI is InChI=1S/C13H19ClN2O/c1-9-5-10(2)7-12(6-9)17-8-11-3-4-13(14)16-15-11/h3-4,9-10,12H,5-8H2,1-2H3. The van der Waals surface area contributed by atoms with Gasteiger partial charge >= 0.3 is 0 Å². The zero-order valence-electron chi connectivity index (χ0n) is 10.4. The highest BCUT2D eigenvalue weighted by atomic mass is 35.5. The Bertz CT molecular complexity index is 345. The number of ether oxygens (including phenoxy) is 1. The summed E-state index contributed by atoms with van der Waals surface area (Å²) in [7, 11) is 0. The molecule has 2 unspecified atom stereocenters. The van der Waals surface area contributed by atoms with Crippen LogP contribution in [0.25, 0.3) is 0 Å². The summed E-state index contributed by atoms with van der Waals surface area (Å²) < 4.78 is 5.90. The predicted molar refractivity (Wildman–Crippen MR) is 67.8 cm³/mol. The van der Waals surface area contributed by atoms with Crippen LogP contribution < -0.4 is 0 Å². The Morgan fingerprint density at radius 2 is 1.88 bits per heavy atom. The highest BCUT2D eigenvalue weighted by molar-refractivity contribution is 6.29. The fourth-order valence-electron chi connectivity index (χ4n) is 2.63. The topological polar surface area (TPSA) is 35.0 Å². The van der Waals surface area contributed by atoms with Crippen molar-refractivity contribution in [2.45, 2.75) is 45.8 Å². The molecule has 94 valence electrons. The molecule has 4 heteroatoms. The first-order valence-corrected chi connectivity index (χ1v) is 6.61. The first-order valence-electron chi connectivity index (χ1n) is 6.23. The lowest BCUT2D eigenvalue weighted by Crippen LogP contribution is -2.26. The van der Waals surface area contributed by atoms with E-state index < -0.39 is 0 Å². The van der Waals surface area contributed by atoms with Gasteiger partial charge in [0, 0.05) is 0 Å². The van der Waals surface area contributed by atoms with Crippen LogP contribution in [0.5, 0.6) is 0 Å². The molecule has 1 saturated carbocycles. The van der Waals surface area contributed by atoms with E-state index in [-0.39, 0.29) is 0 Å². The second-order valence-electron chi connectivity index (χ2n) is 5.20. The number of hydrogen-bond acceptors (Lipinski definition) is 3. The van der Waals surface area contributed by atoms with Crippen molar-refractivity contribution in [3.8, 4) is 0 Å². The summed E-state index contributed by atoms with van der Waals surface area (Å²) in [5, 5.41) is 8.23. The third-order valence-corrected chi connectivity index (χ3v) is 3.49. The van der Waals surface area contributed by atoms with Crippen molar-refractivity contribution in [1.82, 2.24) is 10.2 Å². The summed E-state index contributed by atoms with van der Waals surface area (Å²) in [6, 6.07) is 3.62. The van der Waals surface area contributed by atoms with Crippen LogP contribution in [0.1, 0.15) is 38.8 Å². The van der Waals surface area contributed by atoms with Crippen LogP contribution in [0.15, 0.2) is 12.1 Å². The number of nitrogens with zero attached hydrogens (tertiary/aromatic N) is 2. The Morgan fingerprint density at radius 1 is 1.18 bits per heavy atom. The van der Waals surface area contributed by atoms with Gasteiger partial charge in [-0.15, -0.1) is 5.10 Å². The van der Waals surface area contributed by atoms with Crippen molar-refractivity contribution < 1.29 is 4.74 Å².